The first-order valence-corrected chi connectivity index (χ1v) is 12.8. The van der Waals surface area contributed by atoms with Crippen LogP contribution in [0, 0.1) is 10.1 Å². The molecule has 2 aliphatic heterocycles. The predicted molar refractivity (Wildman–Crippen MR) is 126 cm³/mol. The summed E-state index contributed by atoms with van der Waals surface area (Å²) in [7, 11) is -3.73. The summed E-state index contributed by atoms with van der Waals surface area (Å²) in [5.74, 6) is -0.490. The Labute approximate surface area is 198 Å². The molecule has 0 aromatic heterocycles. The van der Waals surface area contributed by atoms with Crippen LogP contribution in [0.3, 0.4) is 0 Å². The van der Waals surface area contributed by atoms with Gasteiger partial charge in [0.2, 0.25) is 10.0 Å². The summed E-state index contributed by atoms with van der Waals surface area (Å²) >= 11 is 0. The van der Waals surface area contributed by atoms with E-state index in [0.29, 0.717) is 50.6 Å². The zero-order valence-electron chi connectivity index (χ0n) is 18.8. The SMILES string of the molecule is O=C(NCc1ccccc1[N+](=O)[O-])c1cc(S(=O)(=O)N2CCCCC2)ccc1N1CCOCC1. The Morgan fingerprint density at radius 1 is 1.03 bits per heavy atom. The highest BCUT2D eigenvalue weighted by Gasteiger charge is 2.28. The first-order chi connectivity index (χ1) is 16.4. The van der Waals surface area contributed by atoms with E-state index in [1.165, 1.54) is 16.4 Å². The summed E-state index contributed by atoms with van der Waals surface area (Å²) in [4.78, 5) is 26.1. The monoisotopic (exact) mass is 488 g/mol. The lowest BCUT2D eigenvalue weighted by atomic mass is 10.1. The number of nitrogens with zero attached hydrogens (tertiary/aromatic N) is 3. The highest BCUT2D eigenvalue weighted by Crippen LogP contribution is 2.28. The number of hydrogen-bond donors (Lipinski definition) is 1. The number of anilines is 1. The molecular weight excluding hydrogens is 460 g/mol. The molecule has 0 radical (unpaired) electrons. The number of carbonyl (C=O) groups is 1. The Hall–Kier alpha value is -3.02. The fraction of sp³-hybridized carbons (Fsp3) is 0.435. The van der Waals surface area contributed by atoms with Gasteiger partial charge in [-0.2, -0.15) is 4.31 Å². The molecule has 182 valence electrons. The third kappa shape index (κ3) is 5.21. The second-order valence-electron chi connectivity index (χ2n) is 8.31. The molecule has 2 aromatic carbocycles. The van der Waals surface area contributed by atoms with Crippen molar-refractivity contribution >= 4 is 27.3 Å². The number of ether oxygens (including phenoxy) is 1. The van der Waals surface area contributed by atoms with Crippen LogP contribution in [0.2, 0.25) is 0 Å². The van der Waals surface area contributed by atoms with E-state index in [4.69, 9.17) is 4.74 Å². The third-order valence-electron chi connectivity index (χ3n) is 6.14. The molecule has 1 N–H and O–H groups in total. The zero-order valence-corrected chi connectivity index (χ0v) is 19.6. The van der Waals surface area contributed by atoms with Gasteiger partial charge in [-0.25, -0.2) is 8.42 Å². The van der Waals surface area contributed by atoms with Crippen LogP contribution in [0.15, 0.2) is 47.4 Å². The van der Waals surface area contributed by atoms with Gasteiger partial charge in [-0.15, -0.1) is 0 Å². The fourth-order valence-corrected chi connectivity index (χ4v) is 5.84. The number of nitro benzene ring substituents is 1. The number of piperidine rings is 1. The lowest BCUT2D eigenvalue weighted by Gasteiger charge is -2.31. The van der Waals surface area contributed by atoms with Crippen LogP contribution in [0.25, 0.3) is 0 Å². The molecule has 0 bridgehead atoms. The smallest absolute Gasteiger partial charge is 0.274 e. The van der Waals surface area contributed by atoms with Crippen molar-refractivity contribution in [2.45, 2.75) is 30.7 Å². The predicted octanol–water partition coefficient (Wildman–Crippen LogP) is 2.54. The summed E-state index contributed by atoms with van der Waals surface area (Å²) in [5, 5.41) is 14.0. The minimum absolute atomic E-state index is 0.0539. The van der Waals surface area contributed by atoms with Gasteiger partial charge in [-0.1, -0.05) is 24.6 Å². The quantitative estimate of drug-likeness (QED) is 0.469. The number of nitrogens with one attached hydrogen (secondary N) is 1. The molecule has 0 saturated carbocycles. The molecule has 0 atom stereocenters. The molecule has 2 fully saturated rings. The number of morpholine rings is 1. The summed E-state index contributed by atoms with van der Waals surface area (Å²) in [6, 6.07) is 10.8. The molecule has 0 aliphatic carbocycles. The van der Waals surface area contributed by atoms with E-state index in [1.807, 2.05) is 4.90 Å². The third-order valence-corrected chi connectivity index (χ3v) is 8.04. The summed E-state index contributed by atoms with van der Waals surface area (Å²) in [6.07, 6.45) is 2.63. The number of hydrogen-bond acceptors (Lipinski definition) is 7. The van der Waals surface area contributed by atoms with Gasteiger partial charge in [-0.05, 0) is 31.0 Å². The van der Waals surface area contributed by atoms with Crippen LogP contribution in [-0.2, 0) is 21.3 Å². The van der Waals surface area contributed by atoms with Crippen LogP contribution in [-0.4, -0.2) is 62.9 Å². The number of amides is 1. The summed E-state index contributed by atoms with van der Waals surface area (Å²) < 4.78 is 33.3. The minimum atomic E-state index is -3.73. The average Bonchev–Trinajstić information content (AvgIpc) is 2.88. The number of rotatable bonds is 7. The van der Waals surface area contributed by atoms with Crippen LogP contribution in [0.5, 0.6) is 0 Å². The molecule has 0 unspecified atom stereocenters. The van der Waals surface area contributed by atoms with Crippen molar-refractivity contribution in [2.75, 3.05) is 44.3 Å². The minimum Gasteiger partial charge on any atom is -0.378 e. The van der Waals surface area contributed by atoms with Gasteiger partial charge in [0.1, 0.15) is 0 Å². The molecule has 1 amide bonds. The zero-order chi connectivity index (χ0) is 24.1. The van der Waals surface area contributed by atoms with Crippen LogP contribution in [0.1, 0.15) is 35.2 Å². The number of benzene rings is 2. The number of nitro groups is 1. The fourth-order valence-electron chi connectivity index (χ4n) is 4.30. The first-order valence-electron chi connectivity index (χ1n) is 11.4. The van der Waals surface area contributed by atoms with Crippen LogP contribution < -0.4 is 10.2 Å². The van der Waals surface area contributed by atoms with Gasteiger partial charge in [0, 0.05) is 50.0 Å². The maximum absolute atomic E-state index is 13.3. The summed E-state index contributed by atoms with van der Waals surface area (Å²) in [5.41, 5.74) is 1.11. The van der Waals surface area contributed by atoms with Crippen molar-refractivity contribution in [1.29, 1.82) is 0 Å². The Morgan fingerprint density at radius 2 is 1.74 bits per heavy atom. The molecular formula is C23H28N4O6S. The van der Waals surface area contributed by atoms with Crippen LogP contribution in [0.4, 0.5) is 11.4 Å². The van der Waals surface area contributed by atoms with Gasteiger partial charge in [-0.3, -0.25) is 14.9 Å². The molecule has 2 heterocycles. The van der Waals surface area contributed by atoms with Crippen LogP contribution >= 0.6 is 0 Å². The Bertz CT molecular complexity index is 1160. The maximum atomic E-state index is 13.3. The van der Waals surface area contributed by atoms with Gasteiger partial charge in [0.15, 0.2) is 0 Å². The molecule has 2 saturated heterocycles. The van der Waals surface area contributed by atoms with Crippen molar-refractivity contribution in [3.05, 3.63) is 63.7 Å². The Morgan fingerprint density at radius 3 is 2.44 bits per heavy atom. The molecule has 10 nitrogen and oxygen atoms in total. The number of para-hydroxylation sites is 1. The molecule has 4 rings (SSSR count). The van der Waals surface area contributed by atoms with E-state index in [1.54, 1.807) is 30.3 Å². The second kappa shape index (κ2) is 10.5. The van der Waals surface area contributed by atoms with Crippen molar-refractivity contribution < 1.29 is 22.9 Å². The molecule has 11 heteroatoms. The normalized spacial score (nSPS) is 17.4. The van der Waals surface area contributed by atoms with E-state index < -0.39 is 20.9 Å². The lowest BCUT2D eigenvalue weighted by Crippen LogP contribution is -2.38. The summed E-state index contributed by atoms with van der Waals surface area (Å²) in [6.45, 7) is 3.03. The topological polar surface area (TPSA) is 122 Å². The van der Waals surface area contributed by atoms with E-state index in [9.17, 15) is 23.3 Å². The average molecular weight is 489 g/mol. The van der Waals surface area contributed by atoms with Gasteiger partial charge < -0.3 is 15.0 Å². The van der Waals surface area contributed by atoms with Gasteiger partial charge in [0.25, 0.3) is 11.6 Å². The van der Waals surface area contributed by atoms with E-state index in [2.05, 4.69) is 5.32 Å². The highest BCUT2D eigenvalue weighted by molar-refractivity contribution is 7.89. The second-order valence-corrected chi connectivity index (χ2v) is 10.2. The Balaban J connectivity index is 1.64. The first kappa shape index (κ1) is 24.1. The van der Waals surface area contributed by atoms with E-state index >= 15 is 0 Å². The highest BCUT2D eigenvalue weighted by atomic mass is 32.2. The molecule has 2 aromatic rings. The van der Waals surface area contributed by atoms with Crippen molar-refractivity contribution in [3.8, 4) is 0 Å². The largest absolute Gasteiger partial charge is 0.378 e. The van der Waals surface area contributed by atoms with Gasteiger partial charge in [0.05, 0.1) is 28.6 Å². The molecule has 0 spiro atoms. The van der Waals surface area contributed by atoms with E-state index in [-0.39, 0.29) is 22.7 Å². The van der Waals surface area contributed by atoms with Gasteiger partial charge >= 0.3 is 0 Å². The maximum Gasteiger partial charge on any atom is 0.274 e. The standard InChI is InChI=1S/C23H28N4O6S/c28-23(24-17-18-6-2-3-7-21(18)27(29)30)20-16-19(34(31,32)26-10-4-1-5-11-26)8-9-22(20)25-12-14-33-15-13-25/h2-3,6-9,16H,1,4-5,10-15,17H2,(H,24,28). The lowest BCUT2D eigenvalue weighted by molar-refractivity contribution is -0.385. The van der Waals surface area contributed by atoms with Crippen molar-refractivity contribution in [1.82, 2.24) is 9.62 Å². The van der Waals surface area contributed by atoms with Crippen molar-refractivity contribution in [2.24, 2.45) is 0 Å². The molecule has 34 heavy (non-hydrogen) atoms. The van der Waals surface area contributed by atoms with Crippen molar-refractivity contribution in [3.63, 3.8) is 0 Å². The molecule has 2 aliphatic rings. The Kier molecular flexibility index (Phi) is 7.44. The van der Waals surface area contributed by atoms with E-state index in [0.717, 1.165) is 19.3 Å². The number of carbonyl (C=O) groups excluding carboxylic acids is 1. The number of sulfonamides is 1.